The van der Waals surface area contributed by atoms with Gasteiger partial charge in [-0.15, -0.1) is 0 Å². The number of rotatable bonds is 17. The zero-order valence-corrected chi connectivity index (χ0v) is 30.3. The van der Waals surface area contributed by atoms with Gasteiger partial charge in [0.15, 0.2) is 5.41 Å². The molecule has 8 nitrogen and oxygen atoms in total. The molecule has 0 heterocycles. The zero-order valence-electron chi connectivity index (χ0n) is 28.5. The first-order valence-electron chi connectivity index (χ1n) is 15.4. The van der Waals surface area contributed by atoms with Crippen molar-refractivity contribution in [2.45, 2.75) is 65.3 Å². The molecule has 252 valence electrons. The van der Waals surface area contributed by atoms with Gasteiger partial charge in [0.25, 0.3) is 18.4 Å². The van der Waals surface area contributed by atoms with E-state index in [1.54, 1.807) is 6.08 Å². The Labute approximate surface area is 276 Å². The third kappa shape index (κ3) is 10.6. The number of methoxy groups -OCH3 is 2. The maximum atomic E-state index is 13.0. The number of benzene rings is 2. The lowest BCUT2D eigenvalue weighted by Gasteiger charge is -2.43. The van der Waals surface area contributed by atoms with E-state index in [1.807, 2.05) is 44.2 Å². The summed E-state index contributed by atoms with van der Waals surface area (Å²) >= 11 is 0. The van der Waals surface area contributed by atoms with Gasteiger partial charge in [-0.3, -0.25) is 13.8 Å². The molecule has 46 heavy (non-hydrogen) atoms. The summed E-state index contributed by atoms with van der Waals surface area (Å²) in [5.41, 5.74) is 0.335. The summed E-state index contributed by atoms with van der Waals surface area (Å²) in [4.78, 5) is 26.1. The van der Waals surface area contributed by atoms with Gasteiger partial charge in [0.1, 0.15) is 0 Å². The molecule has 0 aliphatic heterocycles. The number of allylic oxidation sites excluding steroid dienone is 4. The van der Waals surface area contributed by atoms with Gasteiger partial charge in [-0.1, -0.05) is 111 Å². The van der Waals surface area contributed by atoms with E-state index >= 15 is 0 Å². The molecule has 0 unspecified atom stereocenters. The Bertz CT molecular complexity index is 1420. The molecule has 10 heteroatoms. The first-order valence-corrected chi connectivity index (χ1v) is 19.1. The van der Waals surface area contributed by atoms with E-state index in [1.165, 1.54) is 24.6 Å². The van der Waals surface area contributed by atoms with Gasteiger partial charge in [0.2, 0.25) is 0 Å². The average Bonchev–Trinajstić information content (AvgIpc) is 3.02. The minimum Gasteiger partial charge on any atom is -0.468 e. The van der Waals surface area contributed by atoms with Crippen molar-refractivity contribution >= 4 is 40.7 Å². The predicted octanol–water partition coefficient (Wildman–Crippen LogP) is 5.88. The number of ether oxygens (including phenoxy) is 2. The van der Waals surface area contributed by atoms with Crippen LogP contribution in [0.3, 0.4) is 0 Å². The summed E-state index contributed by atoms with van der Waals surface area (Å²) in [5, 5.41) is 2.25. The SMILES string of the molecule is COC(=O)C(C/C=C/C=C(\C)CO[Si](c1ccccc1)(c1ccccc1)C(C)(C)C)(CC/C(C)=C/CCOS(C)(=O)=O)C(=O)OC. The Morgan fingerprint density at radius 1 is 0.848 bits per heavy atom. The van der Waals surface area contributed by atoms with Gasteiger partial charge >= 0.3 is 11.9 Å². The summed E-state index contributed by atoms with van der Waals surface area (Å²) in [6.07, 6.45) is 9.39. The molecule has 0 saturated heterocycles. The molecular formula is C36H50O8SSi. The summed E-state index contributed by atoms with van der Waals surface area (Å²) in [6, 6.07) is 20.9. The fourth-order valence-corrected chi connectivity index (χ4v) is 10.5. The summed E-state index contributed by atoms with van der Waals surface area (Å²) in [6.45, 7) is 11.0. The van der Waals surface area contributed by atoms with Crippen LogP contribution in [-0.2, 0) is 37.8 Å². The van der Waals surface area contributed by atoms with E-state index in [4.69, 9.17) is 18.1 Å². The highest BCUT2D eigenvalue weighted by molar-refractivity contribution is 7.85. The fourth-order valence-electron chi connectivity index (χ4n) is 5.50. The molecule has 0 aliphatic carbocycles. The molecular weight excluding hydrogens is 621 g/mol. The van der Waals surface area contributed by atoms with Crippen molar-refractivity contribution in [2.75, 3.05) is 33.7 Å². The van der Waals surface area contributed by atoms with E-state index in [2.05, 4.69) is 69.3 Å². The topological polar surface area (TPSA) is 105 Å². The number of carbonyl (C=O) groups is 2. The van der Waals surface area contributed by atoms with Crippen LogP contribution in [0.4, 0.5) is 0 Å². The van der Waals surface area contributed by atoms with Crippen molar-refractivity contribution in [3.05, 3.63) is 96.1 Å². The van der Waals surface area contributed by atoms with Crippen LogP contribution in [0.2, 0.25) is 5.04 Å². The fraction of sp³-hybridized carbons (Fsp3) is 0.444. The van der Waals surface area contributed by atoms with E-state index in [0.717, 1.165) is 17.4 Å². The van der Waals surface area contributed by atoms with Gasteiger partial charge in [0.05, 0.1) is 33.7 Å². The normalized spacial score (nSPS) is 13.6. The monoisotopic (exact) mass is 670 g/mol. The molecule has 0 amide bonds. The lowest BCUT2D eigenvalue weighted by atomic mass is 9.78. The highest BCUT2D eigenvalue weighted by atomic mass is 32.2. The maximum Gasteiger partial charge on any atom is 0.323 e. The van der Waals surface area contributed by atoms with Crippen molar-refractivity contribution in [1.29, 1.82) is 0 Å². The van der Waals surface area contributed by atoms with E-state index < -0.39 is 35.8 Å². The number of hydrogen-bond donors (Lipinski definition) is 0. The average molecular weight is 671 g/mol. The third-order valence-corrected chi connectivity index (χ3v) is 13.5. The number of carbonyl (C=O) groups excluding carboxylic acids is 2. The Balaban J connectivity index is 2.27. The van der Waals surface area contributed by atoms with Crippen LogP contribution in [0.15, 0.2) is 96.1 Å². The van der Waals surface area contributed by atoms with Crippen molar-refractivity contribution in [3.63, 3.8) is 0 Å². The number of hydrogen-bond acceptors (Lipinski definition) is 8. The standard InChI is InChI=1S/C36H50O8SSi/c1-29(19-17-27-43-45(8,39)40)24-26-36(33(37)41-6,34(38)42-7)25-16-15-18-30(2)28-44-46(35(3,4)5,31-20-11-9-12-21-31)32-22-13-10-14-23-32/h9-16,18-23H,17,24-28H2,1-8H3/b16-15+,29-19+,30-18+. The van der Waals surface area contributed by atoms with Crippen LogP contribution in [0.25, 0.3) is 0 Å². The third-order valence-electron chi connectivity index (χ3n) is 7.92. The first-order chi connectivity index (χ1) is 21.6. The van der Waals surface area contributed by atoms with Gasteiger partial charge in [0, 0.05) is 0 Å². The van der Waals surface area contributed by atoms with Crippen LogP contribution in [0.1, 0.15) is 60.3 Å². The van der Waals surface area contributed by atoms with Gasteiger partial charge in [-0.2, -0.15) is 8.42 Å². The van der Waals surface area contributed by atoms with Crippen molar-refractivity contribution < 1.29 is 36.1 Å². The molecule has 0 aliphatic rings. The predicted molar refractivity (Wildman–Crippen MR) is 186 cm³/mol. The second kappa shape index (κ2) is 17.6. The van der Waals surface area contributed by atoms with Crippen LogP contribution in [-0.4, -0.2) is 62.4 Å². The number of esters is 2. The molecule has 0 bridgehead atoms. The second-order valence-corrected chi connectivity index (χ2v) is 18.5. The van der Waals surface area contributed by atoms with Crippen molar-refractivity contribution in [3.8, 4) is 0 Å². The summed E-state index contributed by atoms with van der Waals surface area (Å²) < 4.78 is 44.3. The molecule has 0 fully saturated rings. The highest BCUT2D eigenvalue weighted by Crippen LogP contribution is 2.37. The lowest BCUT2D eigenvalue weighted by Crippen LogP contribution is -2.66. The lowest BCUT2D eigenvalue weighted by molar-refractivity contribution is -0.169. The molecule has 2 aromatic carbocycles. The van der Waals surface area contributed by atoms with E-state index in [9.17, 15) is 18.0 Å². The van der Waals surface area contributed by atoms with E-state index in [0.29, 0.717) is 19.4 Å². The molecule has 0 aromatic heterocycles. The Hall–Kier alpha value is -3.31. The van der Waals surface area contributed by atoms with E-state index in [-0.39, 0.29) is 24.5 Å². The largest absolute Gasteiger partial charge is 0.468 e. The van der Waals surface area contributed by atoms with Gasteiger partial charge in [-0.05, 0) is 60.5 Å². The molecule has 0 spiro atoms. The minimum absolute atomic E-state index is 0.0174. The summed E-state index contributed by atoms with van der Waals surface area (Å²) in [7, 11) is -3.72. The van der Waals surface area contributed by atoms with Crippen LogP contribution in [0.5, 0.6) is 0 Å². The second-order valence-electron chi connectivity index (χ2n) is 12.5. The molecule has 0 radical (unpaired) electrons. The molecule has 2 aromatic rings. The van der Waals surface area contributed by atoms with Crippen LogP contribution in [0, 0.1) is 5.41 Å². The van der Waals surface area contributed by atoms with Gasteiger partial charge in [-0.25, -0.2) is 0 Å². The Morgan fingerprint density at radius 3 is 1.83 bits per heavy atom. The summed E-state index contributed by atoms with van der Waals surface area (Å²) in [5.74, 6) is -1.35. The molecule has 0 N–H and O–H groups in total. The Morgan fingerprint density at radius 2 is 1.37 bits per heavy atom. The smallest absolute Gasteiger partial charge is 0.323 e. The maximum absolute atomic E-state index is 13.0. The molecule has 2 rings (SSSR count). The zero-order chi connectivity index (χ0) is 34.4. The molecule has 0 atom stereocenters. The van der Waals surface area contributed by atoms with Crippen molar-refractivity contribution in [1.82, 2.24) is 0 Å². The highest BCUT2D eigenvalue weighted by Gasteiger charge is 2.50. The Kier molecular flexibility index (Phi) is 14.8. The first kappa shape index (κ1) is 38.9. The van der Waals surface area contributed by atoms with Crippen LogP contribution >= 0.6 is 0 Å². The minimum atomic E-state index is -3.52. The quantitative estimate of drug-likeness (QED) is 0.0391. The van der Waals surface area contributed by atoms with Crippen LogP contribution < -0.4 is 10.4 Å². The van der Waals surface area contributed by atoms with Gasteiger partial charge < -0.3 is 13.9 Å². The molecule has 0 saturated carbocycles. The van der Waals surface area contributed by atoms with Crippen molar-refractivity contribution in [2.24, 2.45) is 5.41 Å².